The van der Waals surface area contributed by atoms with Crippen LogP contribution >= 0.6 is 0 Å². The van der Waals surface area contributed by atoms with Crippen LogP contribution in [0.1, 0.15) is 45.4 Å². The molecule has 0 atom stereocenters. The van der Waals surface area contributed by atoms with E-state index in [9.17, 15) is 17.6 Å². The van der Waals surface area contributed by atoms with Crippen LogP contribution in [0.25, 0.3) is 0 Å². The molecule has 0 aromatic heterocycles. The van der Waals surface area contributed by atoms with Gasteiger partial charge in [0.25, 0.3) is 0 Å². The van der Waals surface area contributed by atoms with Gasteiger partial charge in [-0.05, 0) is 44.0 Å². The number of hydrogen-bond acceptors (Lipinski definition) is 4. The molecule has 0 bridgehead atoms. The lowest BCUT2D eigenvalue weighted by molar-refractivity contribution is -0.128. The highest BCUT2D eigenvalue weighted by Gasteiger charge is 2.42. The van der Waals surface area contributed by atoms with E-state index < -0.39 is 21.4 Å². The Labute approximate surface area is 155 Å². The zero-order valence-electron chi connectivity index (χ0n) is 15.2. The molecule has 6 nitrogen and oxygen atoms in total. The Morgan fingerprint density at radius 2 is 1.88 bits per heavy atom. The summed E-state index contributed by atoms with van der Waals surface area (Å²) in [7, 11) is -3.99. The third-order valence-corrected chi connectivity index (χ3v) is 6.13. The quantitative estimate of drug-likeness (QED) is 0.567. The van der Waals surface area contributed by atoms with Crippen LogP contribution in [0.15, 0.2) is 29.2 Å². The number of carbonyl (C=O) groups is 1. The smallest absolute Gasteiger partial charge is 0.241 e. The van der Waals surface area contributed by atoms with E-state index in [0.717, 1.165) is 38.3 Å². The minimum absolute atomic E-state index is 0.167. The molecule has 146 valence electrons. The van der Waals surface area contributed by atoms with Gasteiger partial charge in [-0.2, -0.15) is 4.72 Å². The SMILES string of the molecule is CCCNCCNC(=O)C1(NS(=O)(=O)c2cccc(F)c2)CCCCC1. The first-order valence-corrected chi connectivity index (χ1v) is 10.7. The zero-order chi connectivity index (χ0) is 19.0. The van der Waals surface area contributed by atoms with Crippen molar-refractivity contribution in [2.24, 2.45) is 0 Å². The van der Waals surface area contributed by atoms with Crippen LogP contribution < -0.4 is 15.4 Å². The van der Waals surface area contributed by atoms with Crippen molar-refractivity contribution in [1.82, 2.24) is 15.4 Å². The number of rotatable bonds is 9. The fourth-order valence-electron chi connectivity index (χ4n) is 3.22. The lowest BCUT2D eigenvalue weighted by atomic mass is 9.82. The van der Waals surface area contributed by atoms with E-state index in [0.29, 0.717) is 25.9 Å². The molecule has 2 rings (SSSR count). The fraction of sp³-hybridized carbons (Fsp3) is 0.611. The molecule has 1 fully saturated rings. The predicted molar refractivity (Wildman–Crippen MR) is 98.7 cm³/mol. The summed E-state index contributed by atoms with van der Waals surface area (Å²) in [6.45, 7) is 3.99. The molecule has 1 saturated carbocycles. The average Bonchev–Trinajstić information content (AvgIpc) is 2.62. The first-order valence-electron chi connectivity index (χ1n) is 9.18. The van der Waals surface area contributed by atoms with Gasteiger partial charge in [0.1, 0.15) is 11.4 Å². The molecule has 1 aliphatic rings. The van der Waals surface area contributed by atoms with Gasteiger partial charge in [0.05, 0.1) is 4.90 Å². The van der Waals surface area contributed by atoms with Crippen molar-refractivity contribution in [1.29, 1.82) is 0 Å². The molecule has 3 N–H and O–H groups in total. The highest BCUT2D eigenvalue weighted by molar-refractivity contribution is 7.89. The van der Waals surface area contributed by atoms with Crippen molar-refractivity contribution >= 4 is 15.9 Å². The summed E-state index contributed by atoms with van der Waals surface area (Å²) < 4.78 is 41.4. The lowest BCUT2D eigenvalue weighted by Gasteiger charge is -2.36. The van der Waals surface area contributed by atoms with Crippen molar-refractivity contribution in [3.63, 3.8) is 0 Å². The summed E-state index contributed by atoms with van der Waals surface area (Å²) >= 11 is 0. The van der Waals surface area contributed by atoms with Crippen LogP contribution in [-0.2, 0) is 14.8 Å². The predicted octanol–water partition coefficient (Wildman–Crippen LogP) is 1.92. The Bertz CT molecular complexity index is 703. The van der Waals surface area contributed by atoms with Crippen LogP contribution in [0.5, 0.6) is 0 Å². The van der Waals surface area contributed by atoms with Gasteiger partial charge in [0.2, 0.25) is 15.9 Å². The Morgan fingerprint density at radius 1 is 1.15 bits per heavy atom. The Hall–Kier alpha value is -1.51. The average molecular weight is 386 g/mol. The molecular weight excluding hydrogens is 357 g/mol. The number of halogens is 1. The maximum atomic E-state index is 13.4. The molecule has 0 radical (unpaired) electrons. The molecule has 26 heavy (non-hydrogen) atoms. The largest absolute Gasteiger partial charge is 0.353 e. The van der Waals surface area contributed by atoms with E-state index in [1.807, 2.05) is 0 Å². The van der Waals surface area contributed by atoms with Crippen molar-refractivity contribution < 1.29 is 17.6 Å². The molecule has 1 amide bonds. The molecule has 8 heteroatoms. The Balaban J connectivity index is 2.11. The fourth-order valence-corrected chi connectivity index (χ4v) is 4.67. The van der Waals surface area contributed by atoms with E-state index in [1.165, 1.54) is 18.2 Å². The van der Waals surface area contributed by atoms with Crippen LogP contribution in [0.4, 0.5) is 4.39 Å². The molecule has 1 aromatic rings. The maximum Gasteiger partial charge on any atom is 0.241 e. The summed E-state index contributed by atoms with van der Waals surface area (Å²) in [5.41, 5.74) is -1.17. The number of carbonyl (C=O) groups excluding carboxylic acids is 1. The molecule has 0 saturated heterocycles. The summed E-state index contributed by atoms with van der Waals surface area (Å²) in [5.74, 6) is -0.938. The van der Waals surface area contributed by atoms with Crippen molar-refractivity contribution in [3.05, 3.63) is 30.1 Å². The zero-order valence-corrected chi connectivity index (χ0v) is 16.0. The molecule has 0 heterocycles. The monoisotopic (exact) mass is 385 g/mol. The van der Waals surface area contributed by atoms with Crippen molar-refractivity contribution in [2.75, 3.05) is 19.6 Å². The number of sulfonamides is 1. The minimum atomic E-state index is -3.99. The van der Waals surface area contributed by atoms with E-state index in [1.54, 1.807) is 0 Å². The number of hydrogen-bond donors (Lipinski definition) is 3. The van der Waals surface area contributed by atoms with E-state index >= 15 is 0 Å². The first kappa shape index (κ1) is 20.8. The second-order valence-corrected chi connectivity index (χ2v) is 8.39. The molecule has 0 spiro atoms. The van der Waals surface area contributed by atoms with Crippen LogP contribution in [-0.4, -0.2) is 39.5 Å². The van der Waals surface area contributed by atoms with Gasteiger partial charge in [-0.15, -0.1) is 0 Å². The highest BCUT2D eigenvalue weighted by Crippen LogP contribution is 2.30. The van der Waals surface area contributed by atoms with Gasteiger partial charge in [-0.25, -0.2) is 12.8 Å². The number of nitrogens with one attached hydrogen (secondary N) is 3. The molecule has 0 aliphatic heterocycles. The van der Waals surface area contributed by atoms with Crippen LogP contribution in [0.2, 0.25) is 0 Å². The maximum absolute atomic E-state index is 13.4. The highest BCUT2D eigenvalue weighted by atomic mass is 32.2. The van der Waals surface area contributed by atoms with Gasteiger partial charge in [0.15, 0.2) is 0 Å². The van der Waals surface area contributed by atoms with Crippen LogP contribution in [0.3, 0.4) is 0 Å². The normalized spacial score (nSPS) is 17.0. The van der Waals surface area contributed by atoms with E-state index in [4.69, 9.17) is 0 Å². The summed E-state index contributed by atoms with van der Waals surface area (Å²) in [4.78, 5) is 12.6. The van der Waals surface area contributed by atoms with Gasteiger partial charge >= 0.3 is 0 Å². The standard InChI is InChI=1S/C18H28FN3O3S/c1-2-11-20-12-13-21-17(23)18(9-4-3-5-10-18)22-26(24,25)16-8-6-7-15(19)14-16/h6-8,14,20,22H,2-5,9-13H2,1H3,(H,21,23). The molecule has 1 aliphatic carbocycles. The summed E-state index contributed by atoms with van der Waals surface area (Å²) in [6, 6.07) is 4.82. The minimum Gasteiger partial charge on any atom is -0.353 e. The van der Waals surface area contributed by atoms with Crippen LogP contribution in [0, 0.1) is 5.82 Å². The Morgan fingerprint density at radius 3 is 2.54 bits per heavy atom. The summed E-state index contributed by atoms with van der Waals surface area (Å²) in [6.07, 6.45) is 4.39. The van der Waals surface area contributed by atoms with Gasteiger partial charge in [-0.3, -0.25) is 4.79 Å². The second kappa shape index (κ2) is 9.43. The van der Waals surface area contributed by atoms with Crippen molar-refractivity contribution in [2.45, 2.75) is 55.9 Å². The number of amides is 1. The van der Waals surface area contributed by atoms with Gasteiger partial charge in [0, 0.05) is 13.1 Å². The first-order chi connectivity index (χ1) is 12.4. The lowest BCUT2D eigenvalue weighted by Crippen LogP contribution is -2.60. The molecule has 0 unspecified atom stereocenters. The third-order valence-electron chi connectivity index (χ3n) is 4.59. The second-order valence-electron chi connectivity index (χ2n) is 6.71. The molecular formula is C18H28FN3O3S. The Kier molecular flexibility index (Phi) is 7.55. The van der Waals surface area contributed by atoms with Gasteiger partial charge in [-0.1, -0.05) is 32.3 Å². The topological polar surface area (TPSA) is 87.3 Å². The van der Waals surface area contributed by atoms with Gasteiger partial charge < -0.3 is 10.6 Å². The van der Waals surface area contributed by atoms with E-state index in [-0.39, 0.29) is 10.8 Å². The van der Waals surface area contributed by atoms with E-state index in [2.05, 4.69) is 22.3 Å². The molecule has 1 aromatic carbocycles. The van der Waals surface area contributed by atoms with Crippen molar-refractivity contribution in [3.8, 4) is 0 Å². The number of benzene rings is 1. The summed E-state index contributed by atoms with van der Waals surface area (Å²) in [5, 5.41) is 6.03. The third kappa shape index (κ3) is 5.49.